The first kappa shape index (κ1) is 15.3. The first-order chi connectivity index (χ1) is 10.5. The van der Waals surface area contributed by atoms with Crippen LogP contribution < -0.4 is 10.1 Å². The van der Waals surface area contributed by atoms with E-state index in [9.17, 15) is 14.0 Å². The van der Waals surface area contributed by atoms with E-state index >= 15 is 0 Å². The van der Waals surface area contributed by atoms with Crippen LogP contribution in [-0.4, -0.2) is 22.3 Å². The van der Waals surface area contributed by atoms with Crippen molar-refractivity contribution in [2.24, 2.45) is 0 Å². The molecule has 1 heterocycles. The van der Waals surface area contributed by atoms with Crippen molar-refractivity contribution in [3.63, 3.8) is 0 Å². The molecule has 0 bridgehead atoms. The van der Waals surface area contributed by atoms with E-state index < -0.39 is 11.7 Å². The Hall–Kier alpha value is -3.09. The summed E-state index contributed by atoms with van der Waals surface area (Å²) >= 11 is 0. The number of benzene rings is 1. The lowest BCUT2D eigenvalue weighted by atomic mass is 10.1. The average molecular weight is 301 g/mol. The molecule has 0 aliphatic carbocycles. The van der Waals surface area contributed by atoms with Gasteiger partial charge in [-0.1, -0.05) is 24.8 Å². The lowest BCUT2D eigenvalue weighted by Gasteiger charge is -2.12. The van der Waals surface area contributed by atoms with Gasteiger partial charge in [0, 0.05) is 11.1 Å². The second-order valence-corrected chi connectivity index (χ2v) is 4.25. The number of aryl methyl sites for hydroxylation is 1. The van der Waals surface area contributed by atoms with Crippen molar-refractivity contribution < 1.29 is 18.7 Å². The Labute approximate surface area is 125 Å². The molecule has 0 aliphatic rings. The number of halogens is 1. The molecule has 1 N–H and O–H groups in total. The molecule has 2 amide bonds. The number of carbonyl (C=O) groups excluding carboxylic acids is 2. The third kappa shape index (κ3) is 3.14. The number of ether oxygens (including phenoxy) is 1. The van der Waals surface area contributed by atoms with E-state index in [0.717, 1.165) is 0 Å². The van der Waals surface area contributed by atoms with E-state index in [1.807, 2.05) is 5.32 Å². The molecular formula is C15H12FN3O3. The summed E-state index contributed by atoms with van der Waals surface area (Å²) < 4.78 is 19.3. The maximum Gasteiger partial charge on any atom is 0.259 e. The van der Waals surface area contributed by atoms with Crippen LogP contribution in [0.25, 0.3) is 5.57 Å². The Morgan fingerprint density at radius 3 is 2.82 bits per heavy atom. The number of para-hydroxylation sites is 1. The van der Waals surface area contributed by atoms with Crippen molar-refractivity contribution in [2.75, 3.05) is 0 Å². The molecule has 1 aromatic heterocycles. The highest BCUT2D eigenvalue weighted by atomic mass is 19.1. The summed E-state index contributed by atoms with van der Waals surface area (Å²) in [6.07, 6.45) is 1.43. The summed E-state index contributed by atoms with van der Waals surface area (Å²) in [4.78, 5) is 29.4. The average Bonchev–Trinajstić information content (AvgIpc) is 2.52. The molecule has 0 radical (unpaired) electrons. The molecule has 0 fully saturated rings. The second kappa shape index (κ2) is 6.57. The summed E-state index contributed by atoms with van der Waals surface area (Å²) in [7, 11) is 0. The molecule has 6 nitrogen and oxygen atoms in total. The van der Waals surface area contributed by atoms with Gasteiger partial charge in [-0.15, -0.1) is 0 Å². The van der Waals surface area contributed by atoms with E-state index in [4.69, 9.17) is 4.74 Å². The fourth-order valence-corrected chi connectivity index (χ4v) is 1.68. The molecule has 2 aromatic rings. The highest BCUT2D eigenvalue weighted by Crippen LogP contribution is 2.30. The molecule has 22 heavy (non-hydrogen) atoms. The number of imide groups is 1. The lowest BCUT2D eigenvalue weighted by molar-refractivity contribution is -0.121. The molecule has 0 saturated carbocycles. The van der Waals surface area contributed by atoms with Crippen LogP contribution in [0, 0.1) is 12.7 Å². The first-order valence-corrected chi connectivity index (χ1v) is 6.22. The fourth-order valence-electron chi connectivity index (χ4n) is 1.68. The number of hydrogen-bond acceptors (Lipinski definition) is 5. The summed E-state index contributed by atoms with van der Waals surface area (Å²) in [5.74, 6) is -1.44. The lowest BCUT2D eigenvalue weighted by Crippen LogP contribution is -2.22. The van der Waals surface area contributed by atoms with E-state index in [2.05, 4.69) is 16.5 Å². The highest BCUT2D eigenvalue weighted by molar-refractivity contribution is 6.21. The molecule has 2 rings (SSSR count). The SMILES string of the molecule is C=C(C(=O)NC=O)c1ccccc1Oc1ncnc(C)c1F. The number of nitrogens with zero attached hydrogens (tertiary/aromatic N) is 2. The number of carbonyl (C=O) groups is 2. The smallest absolute Gasteiger partial charge is 0.259 e. The quantitative estimate of drug-likeness (QED) is 0.675. The van der Waals surface area contributed by atoms with Gasteiger partial charge in [-0.25, -0.2) is 4.98 Å². The van der Waals surface area contributed by atoms with Gasteiger partial charge in [0.05, 0.1) is 5.69 Å². The number of nitrogens with one attached hydrogen (secondary N) is 1. The predicted octanol–water partition coefficient (Wildman–Crippen LogP) is 2.00. The van der Waals surface area contributed by atoms with Gasteiger partial charge in [0.2, 0.25) is 12.2 Å². The summed E-state index contributed by atoms with van der Waals surface area (Å²) in [5, 5.41) is 1.98. The van der Waals surface area contributed by atoms with Crippen LogP contribution in [-0.2, 0) is 9.59 Å². The Morgan fingerprint density at radius 2 is 2.09 bits per heavy atom. The largest absolute Gasteiger partial charge is 0.436 e. The fraction of sp³-hybridized carbons (Fsp3) is 0.0667. The first-order valence-electron chi connectivity index (χ1n) is 6.22. The van der Waals surface area contributed by atoms with Gasteiger partial charge in [-0.05, 0) is 13.0 Å². The molecule has 0 spiro atoms. The van der Waals surface area contributed by atoms with Gasteiger partial charge in [-0.3, -0.25) is 14.9 Å². The maximum absolute atomic E-state index is 13.9. The summed E-state index contributed by atoms with van der Waals surface area (Å²) in [6, 6.07) is 6.40. The Morgan fingerprint density at radius 1 is 1.36 bits per heavy atom. The van der Waals surface area contributed by atoms with Gasteiger partial charge >= 0.3 is 0 Å². The Kier molecular flexibility index (Phi) is 4.57. The van der Waals surface area contributed by atoms with Crippen molar-refractivity contribution in [2.45, 2.75) is 6.92 Å². The maximum atomic E-state index is 13.9. The number of hydrogen-bond donors (Lipinski definition) is 1. The molecule has 7 heteroatoms. The van der Waals surface area contributed by atoms with E-state index in [1.165, 1.54) is 19.3 Å². The molecule has 112 valence electrons. The molecule has 0 saturated heterocycles. The number of amides is 2. The van der Waals surface area contributed by atoms with Crippen LogP contribution in [0.2, 0.25) is 0 Å². The molecule has 0 atom stereocenters. The van der Waals surface area contributed by atoms with E-state index in [1.54, 1.807) is 18.2 Å². The van der Waals surface area contributed by atoms with Crippen molar-refractivity contribution in [1.29, 1.82) is 0 Å². The van der Waals surface area contributed by atoms with Gasteiger partial charge in [-0.2, -0.15) is 9.37 Å². The van der Waals surface area contributed by atoms with Gasteiger partial charge in [0.1, 0.15) is 12.1 Å². The van der Waals surface area contributed by atoms with Crippen LogP contribution in [0.15, 0.2) is 37.2 Å². The minimum atomic E-state index is -0.694. The monoisotopic (exact) mass is 301 g/mol. The topological polar surface area (TPSA) is 81.2 Å². The number of rotatable bonds is 5. The zero-order chi connectivity index (χ0) is 16.1. The normalized spacial score (nSPS) is 9.91. The van der Waals surface area contributed by atoms with E-state index in [0.29, 0.717) is 5.56 Å². The molecule has 0 unspecified atom stereocenters. The molecule has 0 aliphatic heterocycles. The minimum absolute atomic E-state index is 0.00823. The minimum Gasteiger partial charge on any atom is -0.436 e. The third-order valence-corrected chi connectivity index (χ3v) is 2.81. The van der Waals surface area contributed by atoms with Gasteiger partial charge < -0.3 is 4.74 Å². The summed E-state index contributed by atoms with van der Waals surface area (Å²) in [6.45, 7) is 5.09. The van der Waals surface area contributed by atoms with Crippen molar-refractivity contribution in [3.05, 3.63) is 54.2 Å². The Bertz CT molecular complexity index is 747. The van der Waals surface area contributed by atoms with Crippen LogP contribution >= 0.6 is 0 Å². The van der Waals surface area contributed by atoms with Crippen molar-refractivity contribution in [3.8, 4) is 11.6 Å². The zero-order valence-electron chi connectivity index (χ0n) is 11.7. The van der Waals surface area contributed by atoms with Crippen LogP contribution in [0.5, 0.6) is 11.6 Å². The van der Waals surface area contributed by atoms with Crippen molar-refractivity contribution in [1.82, 2.24) is 15.3 Å². The third-order valence-electron chi connectivity index (χ3n) is 2.81. The van der Waals surface area contributed by atoms with Crippen molar-refractivity contribution >= 4 is 17.9 Å². The van der Waals surface area contributed by atoms with Crippen LogP contribution in [0.4, 0.5) is 4.39 Å². The van der Waals surface area contributed by atoms with Crippen LogP contribution in [0.3, 0.4) is 0 Å². The Balaban J connectivity index is 2.37. The predicted molar refractivity (Wildman–Crippen MR) is 76.5 cm³/mol. The second-order valence-electron chi connectivity index (χ2n) is 4.25. The zero-order valence-corrected chi connectivity index (χ0v) is 11.7. The molecule has 1 aromatic carbocycles. The standard InChI is InChI=1S/C15H12FN3O3/c1-9(14(21)19-8-20)11-5-3-4-6-12(11)22-15-13(16)10(2)17-7-18-15/h3-8H,1H2,2H3,(H,19,20,21). The number of aromatic nitrogens is 2. The van der Waals surface area contributed by atoms with Gasteiger partial charge in [0.15, 0.2) is 0 Å². The van der Waals surface area contributed by atoms with Gasteiger partial charge in [0.25, 0.3) is 11.8 Å². The summed E-state index contributed by atoms with van der Waals surface area (Å²) in [5.41, 5.74) is 0.464. The van der Waals surface area contributed by atoms with Crippen LogP contribution in [0.1, 0.15) is 11.3 Å². The highest BCUT2D eigenvalue weighted by Gasteiger charge is 2.16. The van der Waals surface area contributed by atoms with E-state index in [-0.39, 0.29) is 29.3 Å². The molecular weight excluding hydrogens is 289 g/mol.